The molecule has 0 aliphatic rings. The molecule has 0 atom stereocenters. The quantitative estimate of drug-likeness (QED) is 0.674. The summed E-state index contributed by atoms with van der Waals surface area (Å²) in [5, 5.41) is 0. The Bertz CT molecular complexity index is 470. The van der Waals surface area contributed by atoms with E-state index in [0.29, 0.717) is 12.1 Å². The summed E-state index contributed by atoms with van der Waals surface area (Å²) in [6, 6.07) is 1.28. The van der Waals surface area contributed by atoms with Gasteiger partial charge in [0.15, 0.2) is 17.5 Å². The maximum atomic E-state index is 13.0. The normalized spacial score (nSPS) is 10.2. The SMILES string of the molecule is CCN(CC(N)=S)C(=O)c1cc(F)c(F)c(F)c1. The highest BCUT2D eigenvalue weighted by Crippen LogP contribution is 2.15. The van der Waals surface area contributed by atoms with Crippen molar-refractivity contribution in [3.8, 4) is 0 Å². The van der Waals surface area contributed by atoms with Crippen LogP contribution in [0.4, 0.5) is 13.2 Å². The van der Waals surface area contributed by atoms with Crippen molar-refractivity contribution in [3.05, 3.63) is 35.1 Å². The summed E-state index contributed by atoms with van der Waals surface area (Å²) in [6.07, 6.45) is 0. The van der Waals surface area contributed by atoms with Crippen LogP contribution in [0.15, 0.2) is 12.1 Å². The van der Waals surface area contributed by atoms with Crippen LogP contribution in [-0.4, -0.2) is 28.9 Å². The Morgan fingerprint density at radius 2 is 1.83 bits per heavy atom. The second-order valence-electron chi connectivity index (χ2n) is 3.54. The van der Waals surface area contributed by atoms with Gasteiger partial charge in [0.1, 0.15) is 0 Å². The molecule has 18 heavy (non-hydrogen) atoms. The van der Waals surface area contributed by atoms with Crippen LogP contribution in [0.1, 0.15) is 17.3 Å². The van der Waals surface area contributed by atoms with Gasteiger partial charge in [0, 0.05) is 12.1 Å². The first-order valence-corrected chi connectivity index (χ1v) is 5.49. The minimum absolute atomic E-state index is 0.00865. The van der Waals surface area contributed by atoms with Crippen LogP contribution in [0, 0.1) is 17.5 Å². The molecule has 2 N–H and O–H groups in total. The third kappa shape index (κ3) is 3.19. The fourth-order valence-corrected chi connectivity index (χ4v) is 1.53. The molecule has 3 nitrogen and oxygen atoms in total. The third-order valence-electron chi connectivity index (χ3n) is 2.25. The van der Waals surface area contributed by atoms with E-state index in [1.54, 1.807) is 6.92 Å². The fraction of sp³-hybridized carbons (Fsp3) is 0.273. The number of amides is 1. The second kappa shape index (κ2) is 5.81. The lowest BCUT2D eigenvalue weighted by Gasteiger charge is -2.20. The molecule has 0 aliphatic carbocycles. The van der Waals surface area contributed by atoms with Gasteiger partial charge in [-0.1, -0.05) is 12.2 Å². The van der Waals surface area contributed by atoms with Gasteiger partial charge in [-0.3, -0.25) is 4.79 Å². The topological polar surface area (TPSA) is 46.3 Å². The maximum Gasteiger partial charge on any atom is 0.254 e. The first-order chi connectivity index (χ1) is 8.36. The van der Waals surface area contributed by atoms with E-state index in [-0.39, 0.29) is 23.6 Å². The predicted octanol–water partition coefficient (Wildman–Crippen LogP) is 1.85. The molecule has 1 amide bonds. The molecule has 0 aliphatic heterocycles. The van der Waals surface area contributed by atoms with Crippen molar-refractivity contribution in [2.75, 3.05) is 13.1 Å². The third-order valence-corrected chi connectivity index (χ3v) is 2.38. The molecule has 1 rings (SSSR count). The number of nitrogens with two attached hydrogens (primary N) is 1. The Labute approximate surface area is 107 Å². The van der Waals surface area contributed by atoms with Gasteiger partial charge in [0.05, 0.1) is 11.5 Å². The summed E-state index contributed by atoms with van der Waals surface area (Å²) < 4.78 is 38.7. The van der Waals surface area contributed by atoms with Crippen LogP contribution in [-0.2, 0) is 0 Å². The summed E-state index contributed by atoms with van der Waals surface area (Å²) >= 11 is 4.66. The van der Waals surface area contributed by atoms with Crippen molar-refractivity contribution in [2.24, 2.45) is 5.73 Å². The molecule has 0 aromatic heterocycles. The maximum absolute atomic E-state index is 13.0. The Balaban J connectivity index is 3.06. The number of benzene rings is 1. The van der Waals surface area contributed by atoms with E-state index in [1.165, 1.54) is 4.90 Å². The zero-order valence-electron chi connectivity index (χ0n) is 9.54. The number of carbonyl (C=O) groups excluding carboxylic acids is 1. The van der Waals surface area contributed by atoms with E-state index in [1.807, 2.05) is 0 Å². The number of carbonyl (C=O) groups is 1. The molecule has 1 aromatic rings. The minimum atomic E-state index is -1.61. The lowest BCUT2D eigenvalue weighted by atomic mass is 10.1. The monoisotopic (exact) mass is 276 g/mol. The van der Waals surface area contributed by atoms with Gasteiger partial charge in [-0.15, -0.1) is 0 Å². The van der Waals surface area contributed by atoms with E-state index in [2.05, 4.69) is 12.2 Å². The molecule has 0 saturated carbocycles. The van der Waals surface area contributed by atoms with Gasteiger partial charge in [-0.05, 0) is 19.1 Å². The standard InChI is InChI=1S/C11H11F3N2OS/c1-2-16(5-9(15)18)11(17)6-3-7(12)10(14)8(13)4-6/h3-4H,2,5H2,1H3,(H2,15,18). The summed E-state index contributed by atoms with van der Waals surface area (Å²) in [5.41, 5.74) is 5.01. The van der Waals surface area contributed by atoms with E-state index in [4.69, 9.17) is 5.73 Å². The van der Waals surface area contributed by atoms with Gasteiger partial charge in [0.2, 0.25) is 0 Å². The molecule has 0 heterocycles. The summed E-state index contributed by atoms with van der Waals surface area (Å²) in [5.74, 6) is -5.10. The number of hydrogen-bond donors (Lipinski definition) is 1. The van der Waals surface area contributed by atoms with Gasteiger partial charge < -0.3 is 10.6 Å². The Hall–Kier alpha value is -1.63. The molecule has 0 saturated heterocycles. The van der Waals surface area contributed by atoms with Gasteiger partial charge in [-0.2, -0.15) is 0 Å². The summed E-state index contributed by atoms with van der Waals surface area (Å²) in [6.45, 7) is 1.91. The first kappa shape index (κ1) is 14.4. The van der Waals surface area contributed by atoms with Gasteiger partial charge in [-0.25, -0.2) is 13.2 Å². The molecule has 0 radical (unpaired) electrons. The molecular formula is C11H11F3N2OS. The van der Waals surface area contributed by atoms with Gasteiger partial charge in [0.25, 0.3) is 5.91 Å². The zero-order valence-corrected chi connectivity index (χ0v) is 10.4. The van der Waals surface area contributed by atoms with E-state index in [9.17, 15) is 18.0 Å². The number of halogens is 3. The number of nitrogens with zero attached hydrogens (tertiary/aromatic N) is 1. The molecule has 0 spiro atoms. The van der Waals surface area contributed by atoms with Crippen LogP contribution >= 0.6 is 12.2 Å². The highest BCUT2D eigenvalue weighted by atomic mass is 32.1. The molecule has 7 heteroatoms. The van der Waals surface area contributed by atoms with Crippen molar-refractivity contribution >= 4 is 23.1 Å². The molecule has 1 aromatic carbocycles. The van der Waals surface area contributed by atoms with Crippen molar-refractivity contribution in [3.63, 3.8) is 0 Å². The molecule has 0 unspecified atom stereocenters. The zero-order chi connectivity index (χ0) is 13.9. The smallest absolute Gasteiger partial charge is 0.254 e. The van der Waals surface area contributed by atoms with Crippen LogP contribution in [0.5, 0.6) is 0 Å². The van der Waals surface area contributed by atoms with Crippen LogP contribution in [0.25, 0.3) is 0 Å². The Kier molecular flexibility index (Phi) is 4.66. The number of rotatable bonds is 4. The van der Waals surface area contributed by atoms with Crippen LogP contribution in [0.3, 0.4) is 0 Å². The highest BCUT2D eigenvalue weighted by molar-refractivity contribution is 7.80. The number of thiocarbonyl (C=S) groups is 1. The van der Waals surface area contributed by atoms with Crippen molar-refractivity contribution in [2.45, 2.75) is 6.92 Å². The van der Waals surface area contributed by atoms with Gasteiger partial charge >= 0.3 is 0 Å². The summed E-state index contributed by atoms with van der Waals surface area (Å²) in [7, 11) is 0. The predicted molar refractivity (Wildman–Crippen MR) is 64.7 cm³/mol. The average Bonchev–Trinajstić information content (AvgIpc) is 2.31. The minimum Gasteiger partial charge on any atom is -0.392 e. The van der Waals surface area contributed by atoms with Crippen LogP contribution < -0.4 is 5.73 Å². The molecule has 98 valence electrons. The van der Waals surface area contributed by atoms with E-state index < -0.39 is 23.4 Å². The Morgan fingerprint density at radius 3 is 2.22 bits per heavy atom. The second-order valence-corrected chi connectivity index (χ2v) is 4.06. The molecular weight excluding hydrogens is 265 g/mol. The van der Waals surface area contributed by atoms with Crippen molar-refractivity contribution < 1.29 is 18.0 Å². The average molecular weight is 276 g/mol. The van der Waals surface area contributed by atoms with E-state index >= 15 is 0 Å². The van der Waals surface area contributed by atoms with Crippen molar-refractivity contribution in [1.29, 1.82) is 0 Å². The fourth-order valence-electron chi connectivity index (χ4n) is 1.38. The number of hydrogen-bond acceptors (Lipinski definition) is 2. The molecule has 0 fully saturated rings. The Morgan fingerprint density at radius 1 is 1.33 bits per heavy atom. The highest BCUT2D eigenvalue weighted by Gasteiger charge is 2.19. The lowest BCUT2D eigenvalue weighted by Crippen LogP contribution is -2.37. The largest absolute Gasteiger partial charge is 0.392 e. The lowest BCUT2D eigenvalue weighted by molar-refractivity contribution is 0.0786. The van der Waals surface area contributed by atoms with Crippen molar-refractivity contribution in [1.82, 2.24) is 4.90 Å². The summed E-state index contributed by atoms with van der Waals surface area (Å²) in [4.78, 5) is 13.2. The molecule has 0 bridgehead atoms. The van der Waals surface area contributed by atoms with E-state index in [0.717, 1.165) is 0 Å². The van der Waals surface area contributed by atoms with Crippen LogP contribution in [0.2, 0.25) is 0 Å². The number of likely N-dealkylation sites (N-methyl/N-ethyl adjacent to an activating group) is 1. The first-order valence-electron chi connectivity index (χ1n) is 5.09.